The Labute approximate surface area is 85.7 Å². The summed E-state index contributed by atoms with van der Waals surface area (Å²) in [5.74, 6) is 0. The molecule has 0 unspecified atom stereocenters. The summed E-state index contributed by atoms with van der Waals surface area (Å²) in [5, 5.41) is 11.7. The number of nitrogens with two attached hydrogens (primary N) is 1. The first kappa shape index (κ1) is 9.54. The number of nitro benzene ring substituents is 1. The van der Waals surface area contributed by atoms with Crippen molar-refractivity contribution in [2.24, 2.45) is 5.73 Å². The number of rotatable bonds is 2. The van der Waals surface area contributed by atoms with Gasteiger partial charge in [-0.2, -0.15) is 0 Å². The Bertz CT molecular complexity index is 525. The summed E-state index contributed by atoms with van der Waals surface area (Å²) in [7, 11) is 0. The molecule has 0 radical (unpaired) electrons. The summed E-state index contributed by atoms with van der Waals surface area (Å²) in [6, 6.07) is 6.99. The van der Waals surface area contributed by atoms with Crippen molar-refractivity contribution in [2.75, 3.05) is 0 Å². The van der Waals surface area contributed by atoms with E-state index in [9.17, 15) is 10.1 Å². The fourth-order valence-corrected chi connectivity index (χ4v) is 1.54. The molecule has 15 heavy (non-hydrogen) atoms. The lowest BCUT2D eigenvalue weighted by Gasteiger charge is -2.02. The van der Waals surface area contributed by atoms with Crippen LogP contribution in [0.2, 0.25) is 0 Å². The highest BCUT2D eigenvalue weighted by Gasteiger charge is 2.17. The second kappa shape index (κ2) is 3.62. The van der Waals surface area contributed by atoms with Gasteiger partial charge in [0.2, 0.25) is 0 Å². The van der Waals surface area contributed by atoms with Crippen LogP contribution in [-0.4, -0.2) is 9.91 Å². The lowest BCUT2D eigenvalue weighted by molar-refractivity contribution is -0.383. The first-order chi connectivity index (χ1) is 7.24. The molecular weight excluding hydrogens is 194 g/mol. The van der Waals surface area contributed by atoms with Crippen LogP contribution in [0.15, 0.2) is 30.5 Å². The maximum Gasteiger partial charge on any atom is 0.299 e. The molecule has 0 spiro atoms. The van der Waals surface area contributed by atoms with Crippen molar-refractivity contribution in [3.63, 3.8) is 0 Å². The molecule has 0 saturated carbocycles. The standard InChI is InChI=1S/C10H9N3O2/c11-6-8-4-3-7-2-1-5-12-9(7)10(8)13(14)15/h1-5H,6,11H2. The fourth-order valence-electron chi connectivity index (χ4n) is 1.54. The summed E-state index contributed by atoms with van der Waals surface area (Å²) in [5.41, 5.74) is 6.36. The van der Waals surface area contributed by atoms with E-state index in [-0.39, 0.29) is 12.2 Å². The highest BCUT2D eigenvalue weighted by Crippen LogP contribution is 2.27. The van der Waals surface area contributed by atoms with E-state index in [1.165, 1.54) is 6.20 Å². The molecule has 5 nitrogen and oxygen atoms in total. The normalized spacial score (nSPS) is 10.5. The molecule has 0 bridgehead atoms. The van der Waals surface area contributed by atoms with Crippen LogP contribution < -0.4 is 5.73 Å². The highest BCUT2D eigenvalue weighted by atomic mass is 16.6. The van der Waals surface area contributed by atoms with Crippen molar-refractivity contribution in [3.05, 3.63) is 46.1 Å². The van der Waals surface area contributed by atoms with Gasteiger partial charge in [0.05, 0.1) is 4.92 Å². The van der Waals surface area contributed by atoms with E-state index in [2.05, 4.69) is 4.98 Å². The molecule has 0 aliphatic rings. The Morgan fingerprint density at radius 1 is 1.40 bits per heavy atom. The largest absolute Gasteiger partial charge is 0.326 e. The Morgan fingerprint density at radius 2 is 2.20 bits per heavy atom. The van der Waals surface area contributed by atoms with Crippen molar-refractivity contribution >= 4 is 16.6 Å². The molecule has 0 aliphatic heterocycles. The van der Waals surface area contributed by atoms with Crippen molar-refractivity contribution in [1.29, 1.82) is 0 Å². The van der Waals surface area contributed by atoms with Crippen LogP contribution in [0, 0.1) is 10.1 Å². The molecule has 2 N–H and O–H groups in total. The molecule has 0 aliphatic carbocycles. The van der Waals surface area contributed by atoms with Gasteiger partial charge in [0.1, 0.15) is 5.52 Å². The van der Waals surface area contributed by atoms with Crippen LogP contribution >= 0.6 is 0 Å². The molecular formula is C10H9N3O2. The Hall–Kier alpha value is -2.01. The van der Waals surface area contributed by atoms with Gasteiger partial charge in [0.25, 0.3) is 5.69 Å². The number of fused-ring (bicyclic) bond motifs is 1. The van der Waals surface area contributed by atoms with Crippen molar-refractivity contribution in [2.45, 2.75) is 6.54 Å². The summed E-state index contributed by atoms with van der Waals surface area (Å²) in [6.07, 6.45) is 1.54. The van der Waals surface area contributed by atoms with Gasteiger partial charge in [0, 0.05) is 23.7 Å². The van der Waals surface area contributed by atoms with Gasteiger partial charge >= 0.3 is 0 Å². The minimum atomic E-state index is -0.433. The van der Waals surface area contributed by atoms with Crippen molar-refractivity contribution in [1.82, 2.24) is 4.98 Å². The second-order valence-electron chi connectivity index (χ2n) is 3.11. The molecule has 1 aromatic heterocycles. The quantitative estimate of drug-likeness (QED) is 0.593. The van der Waals surface area contributed by atoms with Gasteiger partial charge in [-0.1, -0.05) is 18.2 Å². The summed E-state index contributed by atoms with van der Waals surface area (Å²) >= 11 is 0. The zero-order valence-corrected chi connectivity index (χ0v) is 7.88. The minimum Gasteiger partial charge on any atom is -0.326 e. The Morgan fingerprint density at radius 3 is 2.87 bits per heavy atom. The van der Waals surface area contributed by atoms with Crippen molar-refractivity contribution in [3.8, 4) is 0 Å². The maximum atomic E-state index is 10.9. The lowest BCUT2D eigenvalue weighted by atomic mass is 10.1. The Balaban J connectivity index is 2.85. The van der Waals surface area contributed by atoms with Gasteiger partial charge in [-0.15, -0.1) is 0 Å². The van der Waals surface area contributed by atoms with Crippen LogP contribution in [0.1, 0.15) is 5.56 Å². The smallest absolute Gasteiger partial charge is 0.299 e. The van der Waals surface area contributed by atoms with E-state index in [0.717, 1.165) is 5.39 Å². The molecule has 5 heteroatoms. The van der Waals surface area contributed by atoms with Crippen LogP contribution in [0.3, 0.4) is 0 Å². The van der Waals surface area contributed by atoms with Crippen LogP contribution in [0.4, 0.5) is 5.69 Å². The number of hydrogen-bond donors (Lipinski definition) is 1. The SMILES string of the molecule is NCc1ccc2cccnc2c1[N+](=O)[O-]. The third-order valence-electron chi connectivity index (χ3n) is 2.23. The van der Waals surface area contributed by atoms with E-state index in [1.54, 1.807) is 24.3 Å². The van der Waals surface area contributed by atoms with E-state index in [4.69, 9.17) is 5.73 Å². The van der Waals surface area contributed by atoms with E-state index >= 15 is 0 Å². The van der Waals surface area contributed by atoms with Gasteiger partial charge in [-0.3, -0.25) is 10.1 Å². The predicted octanol–water partition coefficient (Wildman–Crippen LogP) is 1.60. The van der Waals surface area contributed by atoms with Gasteiger partial charge in [0.15, 0.2) is 0 Å². The van der Waals surface area contributed by atoms with Crippen LogP contribution in [0.25, 0.3) is 10.9 Å². The molecule has 2 rings (SSSR count). The number of nitrogens with zero attached hydrogens (tertiary/aromatic N) is 2. The lowest BCUT2D eigenvalue weighted by Crippen LogP contribution is -2.02. The summed E-state index contributed by atoms with van der Waals surface area (Å²) < 4.78 is 0. The van der Waals surface area contributed by atoms with Gasteiger partial charge in [-0.05, 0) is 6.07 Å². The van der Waals surface area contributed by atoms with E-state index < -0.39 is 4.92 Å². The molecule has 0 fully saturated rings. The monoisotopic (exact) mass is 203 g/mol. The fraction of sp³-hybridized carbons (Fsp3) is 0.100. The number of aromatic nitrogens is 1. The van der Waals surface area contributed by atoms with Gasteiger partial charge < -0.3 is 5.73 Å². The maximum absolute atomic E-state index is 10.9. The second-order valence-corrected chi connectivity index (χ2v) is 3.11. The third kappa shape index (κ3) is 1.53. The molecule has 1 aromatic carbocycles. The summed E-state index contributed by atoms with van der Waals surface area (Å²) in [4.78, 5) is 14.5. The zero-order valence-electron chi connectivity index (χ0n) is 7.88. The third-order valence-corrected chi connectivity index (χ3v) is 2.23. The molecule has 0 saturated heterocycles. The van der Waals surface area contributed by atoms with Crippen LogP contribution in [-0.2, 0) is 6.54 Å². The number of hydrogen-bond acceptors (Lipinski definition) is 4. The molecule has 76 valence electrons. The molecule has 2 aromatic rings. The average Bonchev–Trinajstić information content (AvgIpc) is 2.27. The molecule has 1 heterocycles. The van der Waals surface area contributed by atoms with Crippen molar-refractivity contribution < 1.29 is 4.92 Å². The number of nitro groups is 1. The highest BCUT2D eigenvalue weighted by molar-refractivity contribution is 5.88. The topological polar surface area (TPSA) is 82.0 Å². The molecule has 0 atom stereocenters. The van der Waals surface area contributed by atoms with E-state index in [0.29, 0.717) is 11.1 Å². The Kier molecular flexibility index (Phi) is 2.31. The van der Waals surface area contributed by atoms with Gasteiger partial charge in [-0.25, -0.2) is 4.98 Å². The number of pyridine rings is 1. The minimum absolute atomic E-state index is 0.00981. The molecule has 0 amide bonds. The van der Waals surface area contributed by atoms with E-state index in [1.807, 2.05) is 0 Å². The summed E-state index contributed by atoms with van der Waals surface area (Å²) in [6.45, 7) is 0.142. The predicted molar refractivity (Wildman–Crippen MR) is 56.3 cm³/mol. The number of benzene rings is 1. The first-order valence-electron chi connectivity index (χ1n) is 4.45. The zero-order chi connectivity index (χ0) is 10.8. The van der Waals surface area contributed by atoms with Crippen LogP contribution in [0.5, 0.6) is 0 Å². The average molecular weight is 203 g/mol. The first-order valence-corrected chi connectivity index (χ1v) is 4.45.